The van der Waals surface area contributed by atoms with Crippen molar-refractivity contribution in [1.82, 2.24) is 10.2 Å². The summed E-state index contributed by atoms with van der Waals surface area (Å²) in [5.74, 6) is 0. The lowest BCUT2D eigenvalue weighted by Crippen LogP contribution is -2.44. The summed E-state index contributed by atoms with van der Waals surface area (Å²) in [5, 5.41) is 4.37. The molecule has 1 aliphatic heterocycles. The molecule has 3 nitrogen and oxygen atoms in total. The zero-order valence-electron chi connectivity index (χ0n) is 11.2. The van der Waals surface area contributed by atoms with Crippen molar-refractivity contribution < 1.29 is 4.74 Å². The normalized spacial score (nSPS) is 18.5. The molecule has 2 rings (SSSR count). The molecule has 0 aromatic heterocycles. The largest absolute Gasteiger partial charge is 0.379 e. The van der Waals surface area contributed by atoms with Gasteiger partial charge in [0.1, 0.15) is 0 Å². The molecule has 1 aliphatic rings. The molecule has 0 saturated carbocycles. The monoisotopic (exact) mass is 394 g/mol. The summed E-state index contributed by atoms with van der Waals surface area (Å²) in [4.78, 5) is 2.45. The highest BCUT2D eigenvalue weighted by Gasteiger charge is 2.13. The molecule has 106 valence electrons. The van der Waals surface area contributed by atoms with Crippen LogP contribution in [0.2, 0.25) is 5.02 Å². The smallest absolute Gasteiger partial charge is 0.0594 e. The second kappa shape index (κ2) is 7.78. The first kappa shape index (κ1) is 15.5. The van der Waals surface area contributed by atoms with Crippen LogP contribution >= 0.6 is 34.2 Å². The Morgan fingerprint density at radius 1 is 1.42 bits per heavy atom. The maximum Gasteiger partial charge on any atom is 0.0594 e. The third-order valence-electron chi connectivity index (χ3n) is 3.28. The van der Waals surface area contributed by atoms with Crippen molar-refractivity contribution in [3.05, 3.63) is 32.4 Å². The first-order valence-corrected chi connectivity index (χ1v) is 8.08. The highest BCUT2D eigenvalue weighted by Crippen LogP contribution is 2.17. The molecule has 0 spiro atoms. The summed E-state index contributed by atoms with van der Waals surface area (Å²) in [6.45, 7) is 7.97. The maximum atomic E-state index is 6.03. The van der Waals surface area contributed by atoms with E-state index in [1.165, 1.54) is 9.13 Å². The van der Waals surface area contributed by atoms with Crippen molar-refractivity contribution in [2.45, 2.75) is 19.5 Å². The van der Waals surface area contributed by atoms with Crippen LogP contribution in [0.25, 0.3) is 0 Å². The van der Waals surface area contributed by atoms with Gasteiger partial charge in [0.15, 0.2) is 0 Å². The van der Waals surface area contributed by atoms with E-state index in [1.54, 1.807) is 0 Å². The Bertz CT molecular complexity index is 410. The molecule has 1 fully saturated rings. The van der Waals surface area contributed by atoms with E-state index in [-0.39, 0.29) is 0 Å². The van der Waals surface area contributed by atoms with Crippen molar-refractivity contribution in [2.75, 3.05) is 32.8 Å². The predicted molar refractivity (Wildman–Crippen MR) is 87.7 cm³/mol. The summed E-state index contributed by atoms with van der Waals surface area (Å²) in [6.07, 6.45) is 0. The number of nitrogens with one attached hydrogen (secondary N) is 1. The Morgan fingerprint density at radius 3 is 2.89 bits per heavy atom. The second-order valence-electron chi connectivity index (χ2n) is 4.93. The van der Waals surface area contributed by atoms with E-state index in [2.05, 4.69) is 45.8 Å². The molecule has 0 amide bonds. The maximum absolute atomic E-state index is 6.03. The number of nitrogens with zero attached hydrogens (tertiary/aromatic N) is 1. The summed E-state index contributed by atoms with van der Waals surface area (Å²) in [5.41, 5.74) is 1.27. The Labute approximate surface area is 133 Å². The minimum absolute atomic E-state index is 0.466. The Balaban J connectivity index is 1.79. The van der Waals surface area contributed by atoms with Crippen LogP contribution in [0.5, 0.6) is 0 Å². The van der Waals surface area contributed by atoms with Gasteiger partial charge in [0, 0.05) is 40.8 Å². The molecule has 0 aliphatic carbocycles. The van der Waals surface area contributed by atoms with Gasteiger partial charge in [0.2, 0.25) is 0 Å². The zero-order chi connectivity index (χ0) is 13.7. The van der Waals surface area contributed by atoms with Gasteiger partial charge in [-0.2, -0.15) is 0 Å². The van der Waals surface area contributed by atoms with Gasteiger partial charge in [-0.25, -0.2) is 0 Å². The van der Waals surface area contributed by atoms with Crippen LogP contribution in [0.3, 0.4) is 0 Å². The van der Waals surface area contributed by atoms with Crippen molar-refractivity contribution >= 4 is 34.2 Å². The number of halogens is 2. The number of morpholine rings is 1. The zero-order valence-corrected chi connectivity index (χ0v) is 14.1. The fourth-order valence-corrected chi connectivity index (χ4v) is 2.92. The van der Waals surface area contributed by atoms with E-state index < -0.39 is 0 Å². The van der Waals surface area contributed by atoms with Crippen molar-refractivity contribution in [2.24, 2.45) is 0 Å². The fourth-order valence-electron chi connectivity index (χ4n) is 2.20. The lowest BCUT2D eigenvalue weighted by atomic mass is 10.2. The lowest BCUT2D eigenvalue weighted by molar-refractivity contribution is 0.0343. The van der Waals surface area contributed by atoms with Gasteiger partial charge in [0.25, 0.3) is 0 Å². The van der Waals surface area contributed by atoms with Crippen LogP contribution in [0, 0.1) is 3.57 Å². The SMILES string of the molecule is CC(CN1CCOCC1)NCc1cc(Cl)ccc1I. The van der Waals surface area contributed by atoms with Gasteiger partial charge in [0.05, 0.1) is 13.2 Å². The van der Waals surface area contributed by atoms with Crippen LogP contribution in [0.4, 0.5) is 0 Å². The van der Waals surface area contributed by atoms with Gasteiger partial charge >= 0.3 is 0 Å². The van der Waals surface area contributed by atoms with E-state index in [0.29, 0.717) is 6.04 Å². The summed E-state index contributed by atoms with van der Waals surface area (Å²) < 4.78 is 6.62. The predicted octanol–water partition coefficient (Wildman–Crippen LogP) is 2.75. The molecular formula is C14H20ClIN2O. The molecule has 0 bridgehead atoms. The average Bonchev–Trinajstić information content (AvgIpc) is 2.41. The molecule has 1 heterocycles. The highest BCUT2D eigenvalue weighted by atomic mass is 127. The van der Waals surface area contributed by atoms with Gasteiger partial charge in [-0.05, 0) is 53.3 Å². The standard InChI is InChI=1S/C14H20ClIN2O/c1-11(10-18-4-6-19-7-5-18)17-9-12-8-13(15)2-3-14(12)16/h2-3,8,11,17H,4-7,9-10H2,1H3. The van der Waals surface area contributed by atoms with Gasteiger partial charge < -0.3 is 10.1 Å². The minimum Gasteiger partial charge on any atom is -0.379 e. The molecule has 19 heavy (non-hydrogen) atoms. The second-order valence-corrected chi connectivity index (χ2v) is 6.53. The van der Waals surface area contributed by atoms with Crippen molar-refractivity contribution in [3.63, 3.8) is 0 Å². The van der Waals surface area contributed by atoms with E-state index in [0.717, 1.165) is 44.4 Å². The molecule has 0 radical (unpaired) electrons. The molecule has 1 atom stereocenters. The average molecular weight is 395 g/mol. The molecule has 1 aromatic rings. The number of hydrogen-bond acceptors (Lipinski definition) is 3. The van der Waals surface area contributed by atoms with Crippen molar-refractivity contribution in [3.8, 4) is 0 Å². The molecular weight excluding hydrogens is 375 g/mol. The third kappa shape index (κ3) is 5.19. The molecule has 1 saturated heterocycles. The van der Waals surface area contributed by atoms with Gasteiger partial charge in [-0.15, -0.1) is 0 Å². The first-order chi connectivity index (χ1) is 9.15. The van der Waals surface area contributed by atoms with Crippen LogP contribution in [-0.4, -0.2) is 43.8 Å². The van der Waals surface area contributed by atoms with E-state index in [4.69, 9.17) is 16.3 Å². The summed E-state index contributed by atoms with van der Waals surface area (Å²) >= 11 is 8.39. The summed E-state index contributed by atoms with van der Waals surface area (Å²) in [6, 6.07) is 6.50. The molecule has 1 aromatic carbocycles. The Kier molecular flexibility index (Phi) is 6.35. The topological polar surface area (TPSA) is 24.5 Å². The van der Waals surface area contributed by atoms with Crippen LogP contribution in [0.1, 0.15) is 12.5 Å². The molecule has 5 heteroatoms. The molecule has 1 N–H and O–H groups in total. The van der Waals surface area contributed by atoms with Gasteiger partial charge in [-0.1, -0.05) is 11.6 Å². The number of ether oxygens (including phenoxy) is 1. The minimum atomic E-state index is 0.466. The summed E-state index contributed by atoms with van der Waals surface area (Å²) in [7, 11) is 0. The van der Waals surface area contributed by atoms with Crippen molar-refractivity contribution in [1.29, 1.82) is 0 Å². The van der Waals surface area contributed by atoms with Crippen LogP contribution in [0.15, 0.2) is 18.2 Å². The highest BCUT2D eigenvalue weighted by molar-refractivity contribution is 14.1. The Hall–Kier alpha value is 0.120. The fraction of sp³-hybridized carbons (Fsp3) is 0.571. The van der Waals surface area contributed by atoms with Crippen LogP contribution < -0.4 is 5.32 Å². The van der Waals surface area contributed by atoms with E-state index >= 15 is 0 Å². The number of rotatable bonds is 5. The lowest BCUT2D eigenvalue weighted by Gasteiger charge is -2.29. The first-order valence-electron chi connectivity index (χ1n) is 6.62. The van der Waals surface area contributed by atoms with E-state index in [9.17, 15) is 0 Å². The van der Waals surface area contributed by atoms with Crippen LogP contribution in [-0.2, 0) is 11.3 Å². The van der Waals surface area contributed by atoms with E-state index in [1.807, 2.05) is 12.1 Å². The third-order valence-corrected chi connectivity index (χ3v) is 4.57. The quantitative estimate of drug-likeness (QED) is 0.777. The number of benzene rings is 1. The Morgan fingerprint density at radius 2 is 2.16 bits per heavy atom. The van der Waals surface area contributed by atoms with Gasteiger partial charge in [-0.3, -0.25) is 4.90 Å². The molecule has 1 unspecified atom stereocenters. The number of hydrogen-bond donors (Lipinski definition) is 1.